The Hall–Kier alpha value is -3.50. The van der Waals surface area contributed by atoms with E-state index >= 15 is 0 Å². The maximum atomic E-state index is 6.01. The molecule has 0 bridgehead atoms. The second-order valence-corrected chi connectivity index (χ2v) is 6.91. The predicted molar refractivity (Wildman–Crippen MR) is 99.4 cm³/mol. The van der Waals surface area contributed by atoms with Crippen LogP contribution in [0.3, 0.4) is 0 Å². The van der Waals surface area contributed by atoms with Crippen LogP contribution in [0.1, 0.15) is 43.5 Å². The van der Waals surface area contributed by atoms with Crippen LogP contribution in [0.25, 0.3) is 17.2 Å². The van der Waals surface area contributed by atoms with Crippen LogP contribution < -0.4 is 9.47 Å². The summed E-state index contributed by atoms with van der Waals surface area (Å²) in [6, 6.07) is 3.65. The fraction of sp³-hybridized carbons (Fsp3) is 0.444. The van der Waals surface area contributed by atoms with Gasteiger partial charge in [0.1, 0.15) is 6.33 Å². The van der Waals surface area contributed by atoms with Crippen molar-refractivity contribution >= 4 is 5.65 Å². The van der Waals surface area contributed by atoms with Crippen molar-refractivity contribution in [3.05, 3.63) is 29.8 Å². The molecule has 0 unspecified atom stereocenters. The molecule has 11 heteroatoms. The average Bonchev–Trinajstić information content (AvgIpc) is 3.38. The van der Waals surface area contributed by atoms with Crippen LogP contribution >= 0.6 is 0 Å². The van der Waals surface area contributed by atoms with Crippen LogP contribution in [0.4, 0.5) is 0 Å². The van der Waals surface area contributed by atoms with Gasteiger partial charge in [0.2, 0.25) is 11.7 Å². The molecule has 5 rings (SSSR count). The normalized spacial score (nSPS) is 14.3. The number of aryl methyl sites for hydroxylation is 1. The molecule has 0 aliphatic heterocycles. The summed E-state index contributed by atoms with van der Waals surface area (Å²) >= 11 is 0. The molecule has 4 heterocycles. The summed E-state index contributed by atoms with van der Waals surface area (Å²) in [6.45, 7) is 2.59. The van der Waals surface area contributed by atoms with E-state index in [-0.39, 0.29) is 6.61 Å². The molecule has 0 atom stereocenters. The lowest BCUT2D eigenvalue weighted by atomic mass is 9.80. The minimum absolute atomic E-state index is 0.231. The van der Waals surface area contributed by atoms with Crippen molar-refractivity contribution in [3.63, 3.8) is 0 Å². The van der Waals surface area contributed by atoms with E-state index in [0.717, 1.165) is 18.4 Å². The van der Waals surface area contributed by atoms with Gasteiger partial charge in [-0.1, -0.05) is 11.6 Å². The lowest BCUT2D eigenvalue weighted by Crippen LogP contribution is -2.14. The summed E-state index contributed by atoms with van der Waals surface area (Å²) in [7, 11) is 1.82. The highest BCUT2D eigenvalue weighted by Crippen LogP contribution is 2.40. The van der Waals surface area contributed by atoms with Gasteiger partial charge < -0.3 is 14.0 Å². The summed E-state index contributed by atoms with van der Waals surface area (Å²) in [5.74, 6) is 2.31. The zero-order valence-electron chi connectivity index (χ0n) is 16.1. The first kappa shape index (κ1) is 17.6. The molecule has 0 N–H and O–H groups in total. The highest BCUT2D eigenvalue weighted by Gasteiger charge is 2.26. The molecule has 4 aromatic rings. The van der Waals surface area contributed by atoms with Crippen molar-refractivity contribution in [1.82, 2.24) is 39.7 Å². The Kier molecular flexibility index (Phi) is 4.34. The van der Waals surface area contributed by atoms with E-state index in [1.807, 2.05) is 20.0 Å². The molecule has 1 saturated carbocycles. The molecular weight excluding hydrogens is 376 g/mol. The minimum Gasteiger partial charge on any atom is -0.468 e. The Morgan fingerprint density at radius 1 is 1.17 bits per heavy atom. The fourth-order valence-electron chi connectivity index (χ4n) is 3.27. The number of rotatable bonds is 7. The molecule has 11 nitrogen and oxygen atoms in total. The molecule has 0 spiro atoms. The van der Waals surface area contributed by atoms with E-state index in [1.54, 1.807) is 21.6 Å². The Labute approximate surface area is 165 Å². The third-order valence-corrected chi connectivity index (χ3v) is 4.92. The largest absolute Gasteiger partial charge is 0.468 e. The van der Waals surface area contributed by atoms with Crippen LogP contribution in [0.15, 0.2) is 23.0 Å². The number of fused-ring (bicyclic) bond motifs is 1. The number of aromatic nitrogens is 8. The number of hydrogen-bond acceptors (Lipinski definition) is 9. The standard InChI is InChI=1S/C18H20N8O3/c1-3-27-16-8-13(24-29-16)17-21-20-15-7-12(11-5-4-6-11)18(23-26(15)17)28-9-14-19-10-25(2)22-14/h7-8,10-11H,3-6,9H2,1-2H3. The van der Waals surface area contributed by atoms with Crippen molar-refractivity contribution < 1.29 is 14.0 Å². The maximum Gasteiger partial charge on any atom is 0.311 e. The quantitative estimate of drug-likeness (QED) is 0.463. The van der Waals surface area contributed by atoms with Gasteiger partial charge in [0.25, 0.3) is 0 Å². The van der Waals surface area contributed by atoms with Gasteiger partial charge in [0.15, 0.2) is 23.8 Å². The molecule has 0 aromatic carbocycles. The smallest absolute Gasteiger partial charge is 0.311 e. The first-order valence-electron chi connectivity index (χ1n) is 9.55. The molecule has 1 aliphatic carbocycles. The van der Waals surface area contributed by atoms with Crippen LogP contribution in [-0.4, -0.2) is 46.3 Å². The summed E-state index contributed by atoms with van der Waals surface area (Å²) < 4.78 is 19.8. The fourth-order valence-corrected chi connectivity index (χ4v) is 3.27. The molecule has 0 amide bonds. The first-order valence-corrected chi connectivity index (χ1v) is 9.55. The Balaban J connectivity index is 1.51. The molecule has 0 saturated heterocycles. The highest BCUT2D eigenvalue weighted by atomic mass is 16.6. The lowest BCUT2D eigenvalue weighted by Gasteiger charge is -2.26. The lowest BCUT2D eigenvalue weighted by molar-refractivity contribution is 0.226. The van der Waals surface area contributed by atoms with E-state index in [2.05, 4.69) is 30.5 Å². The molecular formula is C18H20N8O3. The van der Waals surface area contributed by atoms with Crippen LogP contribution in [-0.2, 0) is 13.7 Å². The number of ether oxygens (including phenoxy) is 2. The Bertz CT molecular complexity index is 1140. The van der Waals surface area contributed by atoms with Crippen molar-refractivity contribution in [2.24, 2.45) is 7.05 Å². The third kappa shape index (κ3) is 3.28. The van der Waals surface area contributed by atoms with Gasteiger partial charge in [-0.05, 0) is 31.7 Å². The van der Waals surface area contributed by atoms with Gasteiger partial charge in [-0.15, -0.1) is 15.3 Å². The first-order chi connectivity index (χ1) is 14.2. The Morgan fingerprint density at radius 2 is 2.07 bits per heavy atom. The predicted octanol–water partition coefficient (Wildman–Crippen LogP) is 2.15. The average molecular weight is 396 g/mol. The van der Waals surface area contributed by atoms with E-state index in [9.17, 15) is 0 Å². The van der Waals surface area contributed by atoms with Crippen LogP contribution in [0.5, 0.6) is 11.8 Å². The van der Waals surface area contributed by atoms with Crippen molar-refractivity contribution in [2.45, 2.75) is 38.7 Å². The number of hydrogen-bond donors (Lipinski definition) is 0. The summed E-state index contributed by atoms with van der Waals surface area (Å²) in [4.78, 5) is 4.21. The van der Waals surface area contributed by atoms with Gasteiger partial charge >= 0.3 is 5.95 Å². The van der Waals surface area contributed by atoms with E-state index in [4.69, 9.17) is 14.0 Å². The summed E-state index contributed by atoms with van der Waals surface area (Å²) in [5.41, 5.74) is 2.15. The van der Waals surface area contributed by atoms with Crippen LogP contribution in [0, 0.1) is 0 Å². The zero-order valence-corrected chi connectivity index (χ0v) is 16.1. The zero-order chi connectivity index (χ0) is 19.8. The van der Waals surface area contributed by atoms with E-state index in [1.165, 1.54) is 6.42 Å². The highest BCUT2D eigenvalue weighted by molar-refractivity contribution is 5.56. The van der Waals surface area contributed by atoms with Crippen molar-refractivity contribution in [2.75, 3.05) is 6.61 Å². The van der Waals surface area contributed by atoms with Gasteiger partial charge in [0, 0.05) is 12.6 Å². The van der Waals surface area contributed by atoms with E-state index in [0.29, 0.717) is 47.3 Å². The van der Waals surface area contributed by atoms with Gasteiger partial charge in [-0.25, -0.2) is 4.98 Å². The van der Waals surface area contributed by atoms with Gasteiger partial charge in [0.05, 0.1) is 12.7 Å². The number of nitrogens with zero attached hydrogens (tertiary/aromatic N) is 8. The molecule has 0 radical (unpaired) electrons. The third-order valence-electron chi connectivity index (χ3n) is 4.92. The van der Waals surface area contributed by atoms with Crippen molar-refractivity contribution in [1.29, 1.82) is 0 Å². The monoisotopic (exact) mass is 396 g/mol. The second kappa shape index (κ2) is 7.15. The molecule has 1 aliphatic rings. The topological polar surface area (TPSA) is 118 Å². The van der Waals surface area contributed by atoms with Gasteiger partial charge in [-0.3, -0.25) is 4.68 Å². The summed E-state index contributed by atoms with van der Waals surface area (Å²) in [5, 5.41) is 21.4. The molecule has 29 heavy (non-hydrogen) atoms. The molecule has 4 aromatic heterocycles. The Morgan fingerprint density at radius 3 is 2.79 bits per heavy atom. The molecule has 1 fully saturated rings. The van der Waals surface area contributed by atoms with E-state index < -0.39 is 0 Å². The van der Waals surface area contributed by atoms with Crippen LogP contribution in [0.2, 0.25) is 0 Å². The second-order valence-electron chi connectivity index (χ2n) is 6.91. The maximum absolute atomic E-state index is 6.01. The molecule has 150 valence electrons. The SMILES string of the molecule is CCOc1cc(-c2nnc3cc(C4CCC4)c(OCc4ncn(C)n4)nn23)no1. The van der Waals surface area contributed by atoms with Gasteiger partial charge in [-0.2, -0.15) is 9.61 Å². The van der Waals surface area contributed by atoms with Crippen molar-refractivity contribution in [3.8, 4) is 23.3 Å². The minimum atomic E-state index is 0.231. The summed E-state index contributed by atoms with van der Waals surface area (Å²) in [6.07, 6.45) is 5.06.